The fraction of sp³-hybridized carbons (Fsp3) is 0.154. The molecule has 0 radical (unpaired) electrons. The smallest absolute Gasteiger partial charge is 0.322 e. The van der Waals surface area contributed by atoms with E-state index >= 15 is 0 Å². The Morgan fingerprint density at radius 3 is 2.57 bits per heavy atom. The Bertz CT molecular complexity index is 1540. The number of rotatable bonds is 4. The predicted octanol–water partition coefficient (Wildman–Crippen LogP) is 3.37. The van der Waals surface area contributed by atoms with Crippen LogP contribution in [0, 0.1) is 12.7 Å². The maximum Gasteiger partial charge on any atom is 0.322 e. The molecule has 35 heavy (non-hydrogen) atoms. The van der Waals surface area contributed by atoms with Gasteiger partial charge in [-0.25, -0.2) is 9.18 Å². The second-order valence-electron chi connectivity index (χ2n) is 8.98. The fourth-order valence-corrected chi connectivity index (χ4v) is 4.99. The Morgan fingerprint density at radius 2 is 1.83 bits per heavy atom. The Hall–Kier alpha value is -4.53. The molecule has 0 spiro atoms. The largest absolute Gasteiger partial charge is 0.331 e. The van der Waals surface area contributed by atoms with Crippen LogP contribution in [0.2, 0.25) is 0 Å². The number of H-pyrrole nitrogens is 1. The number of benzene rings is 3. The van der Waals surface area contributed by atoms with Crippen LogP contribution in [0.25, 0.3) is 22.0 Å². The van der Waals surface area contributed by atoms with Crippen LogP contribution >= 0.6 is 0 Å². The van der Waals surface area contributed by atoms with Crippen molar-refractivity contribution in [1.82, 2.24) is 25.7 Å². The predicted molar refractivity (Wildman–Crippen MR) is 126 cm³/mol. The molecule has 2 aliphatic heterocycles. The van der Waals surface area contributed by atoms with Gasteiger partial charge in [0.1, 0.15) is 5.82 Å². The van der Waals surface area contributed by atoms with Crippen molar-refractivity contribution in [3.8, 4) is 11.1 Å². The number of carbonyl (C=O) groups excluding carboxylic acids is 3. The van der Waals surface area contributed by atoms with Gasteiger partial charge in [-0.2, -0.15) is 5.10 Å². The van der Waals surface area contributed by atoms with Crippen LogP contribution in [0.4, 0.5) is 9.18 Å². The zero-order valence-electron chi connectivity index (χ0n) is 18.7. The van der Waals surface area contributed by atoms with Crippen molar-refractivity contribution in [2.75, 3.05) is 6.54 Å². The Balaban J connectivity index is 1.35. The molecule has 9 heteroatoms. The first kappa shape index (κ1) is 21.0. The summed E-state index contributed by atoms with van der Waals surface area (Å²) in [6, 6.07) is 14.8. The maximum atomic E-state index is 13.7. The average molecular weight is 469 g/mol. The van der Waals surface area contributed by atoms with Crippen LogP contribution in [0.1, 0.15) is 27.0 Å². The van der Waals surface area contributed by atoms with E-state index in [2.05, 4.69) is 26.9 Å². The SMILES string of the molecule is Cc1cc(-c2ccc([C@]3(CN4Cc5ccc(F)cc5C4=O)NC(=O)NC3=O)cc2)cc2cn[nH]c12. The highest BCUT2D eigenvalue weighted by Gasteiger charge is 2.50. The molecule has 3 heterocycles. The number of imide groups is 1. The second kappa shape index (κ2) is 7.49. The Kier molecular flexibility index (Phi) is 4.50. The number of hydrogen-bond acceptors (Lipinski definition) is 4. The standard InChI is InChI=1S/C26H20FN5O3/c1-14-8-17(9-18-11-28-31-22(14)18)15-2-5-19(6-3-15)26(24(34)29-25(35)30-26)13-32-12-16-4-7-20(27)10-21(16)23(32)33/h2-11H,12-13H2,1H3,(H,28,31)(H2,29,30,34,35)/t26-/m0/s1. The molecule has 0 aliphatic carbocycles. The van der Waals surface area contributed by atoms with Gasteiger partial charge in [-0.05, 0) is 59.0 Å². The molecule has 0 saturated carbocycles. The second-order valence-corrected chi connectivity index (χ2v) is 8.98. The number of aromatic nitrogens is 2. The van der Waals surface area contributed by atoms with Gasteiger partial charge in [-0.1, -0.05) is 30.3 Å². The van der Waals surface area contributed by atoms with E-state index < -0.39 is 23.3 Å². The minimum absolute atomic E-state index is 0.0842. The van der Waals surface area contributed by atoms with E-state index in [-0.39, 0.29) is 24.6 Å². The molecule has 8 nitrogen and oxygen atoms in total. The van der Waals surface area contributed by atoms with Crippen molar-refractivity contribution >= 4 is 28.7 Å². The summed E-state index contributed by atoms with van der Waals surface area (Å²) in [6.45, 7) is 2.14. The van der Waals surface area contributed by atoms with Gasteiger partial charge in [0.25, 0.3) is 11.8 Å². The average Bonchev–Trinajstić information content (AvgIpc) is 3.51. The molecule has 3 aromatic carbocycles. The van der Waals surface area contributed by atoms with E-state index in [4.69, 9.17) is 0 Å². The minimum atomic E-state index is -1.46. The van der Waals surface area contributed by atoms with Gasteiger partial charge in [0.15, 0.2) is 5.54 Å². The fourth-order valence-electron chi connectivity index (χ4n) is 4.99. The zero-order valence-corrected chi connectivity index (χ0v) is 18.7. The molecule has 1 aromatic heterocycles. The topological polar surface area (TPSA) is 107 Å². The zero-order chi connectivity index (χ0) is 24.3. The minimum Gasteiger partial charge on any atom is -0.331 e. The molecule has 1 saturated heterocycles. The van der Waals surface area contributed by atoms with Crippen LogP contribution in [-0.2, 0) is 16.9 Å². The summed E-state index contributed by atoms with van der Waals surface area (Å²) < 4.78 is 13.7. The van der Waals surface area contributed by atoms with E-state index in [1.54, 1.807) is 24.4 Å². The molecule has 0 bridgehead atoms. The third kappa shape index (κ3) is 3.27. The van der Waals surface area contributed by atoms with Crippen molar-refractivity contribution in [1.29, 1.82) is 0 Å². The number of nitrogens with zero attached hydrogens (tertiary/aromatic N) is 2. The van der Waals surface area contributed by atoms with Crippen molar-refractivity contribution in [2.24, 2.45) is 0 Å². The van der Waals surface area contributed by atoms with Gasteiger partial charge in [0.05, 0.1) is 18.3 Å². The monoisotopic (exact) mass is 469 g/mol. The van der Waals surface area contributed by atoms with E-state index in [0.717, 1.165) is 27.6 Å². The summed E-state index contributed by atoms with van der Waals surface area (Å²) in [5.74, 6) is -1.42. The number of aromatic amines is 1. The number of urea groups is 1. The highest BCUT2D eigenvalue weighted by molar-refractivity contribution is 6.08. The highest BCUT2D eigenvalue weighted by atomic mass is 19.1. The lowest BCUT2D eigenvalue weighted by atomic mass is 9.87. The van der Waals surface area contributed by atoms with Crippen molar-refractivity contribution in [3.05, 3.63) is 88.9 Å². The number of aryl methyl sites for hydroxylation is 1. The first-order valence-corrected chi connectivity index (χ1v) is 11.1. The third-order valence-electron chi connectivity index (χ3n) is 6.78. The van der Waals surface area contributed by atoms with E-state index in [0.29, 0.717) is 11.1 Å². The first-order valence-electron chi connectivity index (χ1n) is 11.1. The first-order chi connectivity index (χ1) is 16.8. The van der Waals surface area contributed by atoms with Gasteiger partial charge in [0.2, 0.25) is 0 Å². The molecular weight excluding hydrogens is 449 g/mol. The summed E-state index contributed by atoms with van der Waals surface area (Å²) in [5.41, 5.74) is 3.98. The van der Waals surface area contributed by atoms with Gasteiger partial charge in [-0.3, -0.25) is 20.0 Å². The van der Waals surface area contributed by atoms with Gasteiger partial charge in [0, 0.05) is 17.5 Å². The number of amides is 4. The van der Waals surface area contributed by atoms with Crippen molar-refractivity contribution < 1.29 is 18.8 Å². The summed E-state index contributed by atoms with van der Waals surface area (Å²) in [7, 11) is 0. The molecule has 4 aromatic rings. The normalized spacial score (nSPS) is 19.3. The molecule has 4 amide bonds. The summed E-state index contributed by atoms with van der Waals surface area (Å²) in [4.78, 5) is 39.6. The number of hydrogen-bond donors (Lipinski definition) is 3. The van der Waals surface area contributed by atoms with Crippen LogP contribution in [0.3, 0.4) is 0 Å². The van der Waals surface area contributed by atoms with E-state index in [1.807, 2.05) is 25.1 Å². The molecule has 0 unspecified atom stereocenters. The van der Waals surface area contributed by atoms with Gasteiger partial charge >= 0.3 is 6.03 Å². The van der Waals surface area contributed by atoms with E-state index in [9.17, 15) is 18.8 Å². The van der Waals surface area contributed by atoms with Crippen molar-refractivity contribution in [3.63, 3.8) is 0 Å². The molecule has 1 atom stereocenters. The quantitative estimate of drug-likeness (QED) is 0.399. The van der Waals surface area contributed by atoms with Gasteiger partial charge in [-0.15, -0.1) is 0 Å². The Morgan fingerprint density at radius 1 is 1.03 bits per heavy atom. The lowest BCUT2D eigenvalue weighted by Gasteiger charge is -2.31. The van der Waals surface area contributed by atoms with Crippen LogP contribution in [-0.4, -0.2) is 39.5 Å². The number of nitrogens with one attached hydrogen (secondary N) is 3. The molecular formula is C26H20FN5O3. The molecule has 6 rings (SSSR count). The summed E-state index contributed by atoms with van der Waals surface area (Å²) in [6.07, 6.45) is 1.77. The Labute approximate surface area is 199 Å². The number of fused-ring (bicyclic) bond motifs is 2. The number of carbonyl (C=O) groups is 3. The van der Waals surface area contributed by atoms with Crippen molar-refractivity contribution in [2.45, 2.75) is 19.0 Å². The number of halogens is 1. The van der Waals surface area contributed by atoms with Crippen LogP contribution in [0.15, 0.2) is 60.8 Å². The van der Waals surface area contributed by atoms with Crippen LogP contribution in [0.5, 0.6) is 0 Å². The van der Waals surface area contributed by atoms with Gasteiger partial charge < -0.3 is 10.2 Å². The third-order valence-corrected chi connectivity index (χ3v) is 6.78. The molecule has 1 fully saturated rings. The lowest BCUT2D eigenvalue weighted by Crippen LogP contribution is -2.52. The summed E-state index contributed by atoms with van der Waals surface area (Å²) >= 11 is 0. The maximum absolute atomic E-state index is 13.7. The highest BCUT2D eigenvalue weighted by Crippen LogP contribution is 2.33. The van der Waals surface area contributed by atoms with Crippen LogP contribution < -0.4 is 10.6 Å². The molecule has 2 aliphatic rings. The van der Waals surface area contributed by atoms with E-state index in [1.165, 1.54) is 17.0 Å². The lowest BCUT2D eigenvalue weighted by molar-refractivity contribution is -0.124. The summed E-state index contributed by atoms with van der Waals surface area (Å²) in [5, 5.41) is 13.1. The molecule has 174 valence electrons. The molecule has 3 N–H and O–H groups in total.